The van der Waals surface area contributed by atoms with Gasteiger partial charge in [0.15, 0.2) is 0 Å². The predicted molar refractivity (Wildman–Crippen MR) is 105 cm³/mol. The summed E-state index contributed by atoms with van der Waals surface area (Å²) in [6.45, 7) is 0.862. The van der Waals surface area contributed by atoms with Crippen LogP contribution < -0.4 is 15.4 Å². The van der Waals surface area contributed by atoms with E-state index in [0.717, 1.165) is 48.2 Å². The molecule has 0 radical (unpaired) electrons. The van der Waals surface area contributed by atoms with Gasteiger partial charge in [-0.05, 0) is 48.2 Å². The van der Waals surface area contributed by atoms with Gasteiger partial charge in [0.05, 0.1) is 19.2 Å². The Balaban J connectivity index is 1.62. The first-order valence-electron chi connectivity index (χ1n) is 9.36. The standard InChI is InChI=1S/C22H25N3O2/c1-27-20-6-4-5-18(14-20)17-10-8-16(9-11-17)13-19(15-23)25-22(26)21-7-2-3-12-24-21/h4-6,8-11,14,19,21,24H,2-3,7,12-13H2,1H3,(H,25,26)/t19-,21-/m0/s1. The third kappa shape index (κ3) is 5.08. The molecule has 1 heterocycles. The van der Waals surface area contributed by atoms with Crippen LogP contribution in [0, 0.1) is 11.3 Å². The molecule has 0 unspecified atom stereocenters. The molecule has 0 saturated carbocycles. The van der Waals surface area contributed by atoms with Crippen LogP contribution in [0.25, 0.3) is 11.1 Å². The molecule has 0 aliphatic carbocycles. The lowest BCUT2D eigenvalue weighted by Gasteiger charge is -2.23. The molecule has 27 heavy (non-hydrogen) atoms. The fraction of sp³-hybridized carbons (Fsp3) is 0.364. The van der Waals surface area contributed by atoms with Crippen LogP contribution in [-0.4, -0.2) is 31.6 Å². The van der Waals surface area contributed by atoms with Crippen LogP contribution in [0.2, 0.25) is 0 Å². The zero-order valence-corrected chi connectivity index (χ0v) is 15.6. The number of amides is 1. The molecule has 2 aromatic carbocycles. The molecule has 0 spiro atoms. The average Bonchev–Trinajstić information content (AvgIpc) is 2.74. The predicted octanol–water partition coefficient (Wildman–Crippen LogP) is 3.06. The quantitative estimate of drug-likeness (QED) is 0.827. The smallest absolute Gasteiger partial charge is 0.238 e. The summed E-state index contributed by atoms with van der Waals surface area (Å²) in [6.07, 6.45) is 3.48. The van der Waals surface area contributed by atoms with Crippen molar-refractivity contribution in [1.29, 1.82) is 5.26 Å². The second-order valence-corrected chi connectivity index (χ2v) is 6.83. The van der Waals surface area contributed by atoms with E-state index in [1.807, 2.05) is 48.5 Å². The molecule has 1 fully saturated rings. The largest absolute Gasteiger partial charge is 0.497 e. The maximum atomic E-state index is 12.3. The van der Waals surface area contributed by atoms with Gasteiger partial charge in [-0.1, -0.05) is 42.8 Å². The Morgan fingerprint density at radius 3 is 2.74 bits per heavy atom. The van der Waals surface area contributed by atoms with Crippen molar-refractivity contribution in [3.05, 3.63) is 54.1 Å². The Morgan fingerprint density at radius 2 is 2.07 bits per heavy atom. The summed E-state index contributed by atoms with van der Waals surface area (Å²) in [5.74, 6) is 0.745. The zero-order valence-electron chi connectivity index (χ0n) is 15.6. The number of piperidine rings is 1. The molecule has 2 atom stereocenters. The van der Waals surface area contributed by atoms with Gasteiger partial charge in [-0.2, -0.15) is 5.26 Å². The summed E-state index contributed by atoms with van der Waals surface area (Å²) in [4.78, 5) is 12.3. The van der Waals surface area contributed by atoms with Crippen LogP contribution in [0.1, 0.15) is 24.8 Å². The van der Waals surface area contributed by atoms with E-state index in [1.165, 1.54) is 0 Å². The molecule has 5 heteroatoms. The molecular weight excluding hydrogens is 338 g/mol. The lowest BCUT2D eigenvalue weighted by molar-refractivity contribution is -0.124. The molecule has 2 aromatic rings. The molecule has 1 saturated heterocycles. The van der Waals surface area contributed by atoms with Crippen molar-refractivity contribution >= 4 is 5.91 Å². The Labute approximate surface area is 160 Å². The minimum atomic E-state index is -0.524. The maximum Gasteiger partial charge on any atom is 0.238 e. The second kappa shape index (κ2) is 9.20. The van der Waals surface area contributed by atoms with Crippen molar-refractivity contribution in [3.8, 4) is 22.9 Å². The zero-order chi connectivity index (χ0) is 19.1. The van der Waals surface area contributed by atoms with Gasteiger partial charge in [-0.15, -0.1) is 0 Å². The van der Waals surface area contributed by atoms with E-state index in [2.05, 4.69) is 16.7 Å². The van der Waals surface area contributed by atoms with Crippen LogP contribution in [0.15, 0.2) is 48.5 Å². The summed E-state index contributed by atoms with van der Waals surface area (Å²) >= 11 is 0. The highest BCUT2D eigenvalue weighted by Crippen LogP contribution is 2.24. The van der Waals surface area contributed by atoms with E-state index >= 15 is 0 Å². The Morgan fingerprint density at radius 1 is 1.26 bits per heavy atom. The van der Waals surface area contributed by atoms with E-state index in [-0.39, 0.29) is 11.9 Å². The normalized spacial score (nSPS) is 17.6. The second-order valence-electron chi connectivity index (χ2n) is 6.83. The molecule has 1 aliphatic heterocycles. The number of ether oxygens (including phenoxy) is 1. The number of nitrogens with zero attached hydrogens (tertiary/aromatic N) is 1. The van der Waals surface area contributed by atoms with Gasteiger partial charge < -0.3 is 15.4 Å². The Kier molecular flexibility index (Phi) is 6.45. The van der Waals surface area contributed by atoms with E-state index < -0.39 is 6.04 Å². The minimum Gasteiger partial charge on any atom is -0.497 e. The monoisotopic (exact) mass is 363 g/mol. The molecule has 1 aliphatic rings. The lowest BCUT2D eigenvalue weighted by atomic mass is 10.00. The number of carbonyl (C=O) groups excluding carboxylic acids is 1. The topological polar surface area (TPSA) is 74.1 Å². The van der Waals surface area contributed by atoms with Crippen LogP contribution in [-0.2, 0) is 11.2 Å². The number of hydrogen-bond donors (Lipinski definition) is 2. The lowest BCUT2D eigenvalue weighted by Crippen LogP contribution is -2.49. The first-order valence-corrected chi connectivity index (χ1v) is 9.36. The summed E-state index contributed by atoms with van der Waals surface area (Å²) in [5.41, 5.74) is 3.18. The summed E-state index contributed by atoms with van der Waals surface area (Å²) in [6, 6.07) is 17.5. The summed E-state index contributed by atoms with van der Waals surface area (Å²) in [7, 11) is 1.65. The Bertz CT molecular complexity index is 805. The van der Waals surface area contributed by atoms with E-state index in [4.69, 9.17) is 4.74 Å². The number of carbonyl (C=O) groups is 1. The summed E-state index contributed by atoms with van der Waals surface area (Å²) in [5, 5.41) is 15.5. The highest BCUT2D eigenvalue weighted by atomic mass is 16.5. The highest BCUT2D eigenvalue weighted by Gasteiger charge is 2.22. The molecule has 0 bridgehead atoms. The molecule has 2 N–H and O–H groups in total. The SMILES string of the molecule is COc1cccc(-c2ccc(C[C@@H](C#N)NC(=O)[C@@H]3CCCCN3)cc2)c1. The van der Waals surface area contributed by atoms with Gasteiger partial charge in [0.25, 0.3) is 0 Å². The fourth-order valence-corrected chi connectivity index (χ4v) is 3.35. The first-order chi connectivity index (χ1) is 13.2. The number of nitrogens with one attached hydrogen (secondary N) is 2. The van der Waals surface area contributed by atoms with Gasteiger partial charge in [0.1, 0.15) is 11.8 Å². The summed E-state index contributed by atoms with van der Waals surface area (Å²) < 4.78 is 5.27. The fourth-order valence-electron chi connectivity index (χ4n) is 3.35. The molecule has 1 amide bonds. The highest BCUT2D eigenvalue weighted by molar-refractivity contribution is 5.82. The van der Waals surface area contributed by atoms with Gasteiger partial charge >= 0.3 is 0 Å². The van der Waals surface area contributed by atoms with Crippen molar-refractivity contribution in [2.75, 3.05) is 13.7 Å². The third-order valence-corrected chi connectivity index (χ3v) is 4.90. The maximum absolute atomic E-state index is 12.3. The van der Waals surface area contributed by atoms with Crippen molar-refractivity contribution in [3.63, 3.8) is 0 Å². The molecule has 140 valence electrons. The number of rotatable bonds is 6. The van der Waals surface area contributed by atoms with Crippen molar-refractivity contribution in [2.45, 2.75) is 37.8 Å². The van der Waals surface area contributed by atoms with Crippen molar-refractivity contribution < 1.29 is 9.53 Å². The first kappa shape index (κ1) is 18.9. The van der Waals surface area contributed by atoms with Crippen molar-refractivity contribution in [1.82, 2.24) is 10.6 Å². The van der Waals surface area contributed by atoms with E-state index in [0.29, 0.717) is 6.42 Å². The van der Waals surface area contributed by atoms with Crippen molar-refractivity contribution in [2.24, 2.45) is 0 Å². The molecule has 5 nitrogen and oxygen atoms in total. The van der Waals surface area contributed by atoms with Gasteiger partial charge in [0, 0.05) is 6.42 Å². The number of nitriles is 1. The Hall–Kier alpha value is -2.84. The third-order valence-electron chi connectivity index (χ3n) is 4.90. The molecule has 0 aromatic heterocycles. The van der Waals surface area contributed by atoms with E-state index in [9.17, 15) is 10.1 Å². The molecule has 3 rings (SSSR count). The minimum absolute atomic E-state index is 0.0748. The molecular formula is C22H25N3O2. The van der Waals surface area contributed by atoms with Crippen LogP contribution in [0.3, 0.4) is 0 Å². The van der Waals surface area contributed by atoms with Gasteiger partial charge in [0.2, 0.25) is 5.91 Å². The van der Waals surface area contributed by atoms with Gasteiger partial charge in [-0.25, -0.2) is 0 Å². The number of benzene rings is 2. The number of methoxy groups -OCH3 is 1. The van der Waals surface area contributed by atoms with E-state index in [1.54, 1.807) is 7.11 Å². The van der Waals surface area contributed by atoms with Crippen LogP contribution in [0.5, 0.6) is 5.75 Å². The van der Waals surface area contributed by atoms with Crippen LogP contribution in [0.4, 0.5) is 0 Å². The van der Waals surface area contributed by atoms with Gasteiger partial charge in [-0.3, -0.25) is 4.79 Å². The average molecular weight is 363 g/mol. The number of hydrogen-bond acceptors (Lipinski definition) is 4. The van der Waals surface area contributed by atoms with Crippen LogP contribution >= 0.6 is 0 Å².